The second-order valence-electron chi connectivity index (χ2n) is 5.73. The van der Waals surface area contributed by atoms with Gasteiger partial charge in [-0.25, -0.2) is 0 Å². The molecule has 0 N–H and O–H groups in total. The highest BCUT2D eigenvalue weighted by Crippen LogP contribution is 2.20. The molecule has 2 aromatic rings. The lowest BCUT2D eigenvalue weighted by Crippen LogP contribution is -2.41. The largest absolute Gasteiger partial charge is 0.293 e. The van der Waals surface area contributed by atoms with E-state index >= 15 is 0 Å². The highest BCUT2D eigenvalue weighted by atomic mass is 35.5. The van der Waals surface area contributed by atoms with Crippen LogP contribution in [0, 0.1) is 0 Å². The van der Waals surface area contributed by atoms with E-state index in [4.69, 9.17) is 46.4 Å². The molecular formula is C18H16Cl4N4. The first-order chi connectivity index (χ1) is 12.5. The third kappa shape index (κ3) is 5.27. The van der Waals surface area contributed by atoms with Gasteiger partial charge in [0.15, 0.2) is 0 Å². The molecule has 0 aliphatic carbocycles. The number of hydrogen-bond donors (Lipinski definition) is 0. The molecule has 0 saturated carbocycles. The van der Waals surface area contributed by atoms with Crippen LogP contribution in [0.15, 0.2) is 46.6 Å². The number of benzene rings is 2. The van der Waals surface area contributed by atoms with Crippen LogP contribution in [0.3, 0.4) is 0 Å². The zero-order valence-corrected chi connectivity index (χ0v) is 16.8. The first-order valence-corrected chi connectivity index (χ1v) is 9.50. The van der Waals surface area contributed by atoms with E-state index in [1.54, 1.807) is 36.7 Å². The van der Waals surface area contributed by atoms with E-state index in [0.29, 0.717) is 20.1 Å². The third-order valence-corrected chi connectivity index (χ3v) is 5.00. The van der Waals surface area contributed by atoms with Crippen molar-refractivity contribution in [1.29, 1.82) is 0 Å². The average Bonchev–Trinajstić information content (AvgIpc) is 2.61. The lowest BCUT2D eigenvalue weighted by Gasteiger charge is -2.31. The molecule has 136 valence electrons. The third-order valence-electron chi connectivity index (χ3n) is 3.88. The van der Waals surface area contributed by atoms with Crippen molar-refractivity contribution in [2.24, 2.45) is 10.2 Å². The summed E-state index contributed by atoms with van der Waals surface area (Å²) in [6, 6.07) is 10.7. The molecule has 0 unspecified atom stereocenters. The molecule has 2 aromatic carbocycles. The highest BCUT2D eigenvalue weighted by molar-refractivity contribution is 6.36. The Hall–Kier alpha value is -1.46. The molecule has 26 heavy (non-hydrogen) atoms. The Balaban J connectivity index is 1.54. The molecule has 1 heterocycles. The fourth-order valence-electron chi connectivity index (χ4n) is 2.42. The van der Waals surface area contributed by atoms with Crippen molar-refractivity contribution in [3.63, 3.8) is 0 Å². The van der Waals surface area contributed by atoms with Crippen LogP contribution in [0.1, 0.15) is 11.1 Å². The van der Waals surface area contributed by atoms with E-state index < -0.39 is 0 Å². The van der Waals surface area contributed by atoms with Gasteiger partial charge in [0.1, 0.15) is 0 Å². The predicted octanol–water partition coefficient (Wildman–Crippen LogP) is 5.29. The molecule has 1 aliphatic rings. The Morgan fingerprint density at radius 3 is 1.38 bits per heavy atom. The van der Waals surface area contributed by atoms with Crippen molar-refractivity contribution < 1.29 is 0 Å². The van der Waals surface area contributed by atoms with Crippen LogP contribution in [0.5, 0.6) is 0 Å². The van der Waals surface area contributed by atoms with Gasteiger partial charge in [-0.1, -0.05) is 58.5 Å². The van der Waals surface area contributed by atoms with Gasteiger partial charge >= 0.3 is 0 Å². The molecule has 1 fully saturated rings. The number of nitrogens with zero attached hydrogens (tertiary/aromatic N) is 4. The van der Waals surface area contributed by atoms with Crippen LogP contribution in [0.25, 0.3) is 0 Å². The molecule has 4 nitrogen and oxygen atoms in total. The van der Waals surface area contributed by atoms with Gasteiger partial charge in [0.05, 0.1) is 48.7 Å². The van der Waals surface area contributed by atoms with E-state index in [1.165, 1.54) is 0 Å². The van der Waals surface area contributed by atoms with Crippen molar-refractivity contribution in [3.05, 3.63) is 67.6 Å². The van der Waals surface area contributed by atoms with Gasteiger partial charge in [-0.2, -0.15) is 10.2 Å². The molecule has 0 amide bonds. The standard InChI is InChI=1S/C18H16Cl4N4/c19-15-3-1-13(17(21)9-15)11-23-25-5-7-26(8-6-25)24-12-14-2-4-16(20)10-18(14)22/h1-4,9-12H,5-8H2/b23-11-,24-12-. The molecule has 1 aliphatic heterocycles. The minimum atomic E-state index is 0.587. The Morgan fingerprint density at radius 1 is 0.654 bits per heavy atom. The molecule has 1 saturated heterocycles. The smallest absolute Gasteiger partial charge is 0.0557 e. The van der Waals surface area contributed by atoms with Gasteiger partial charge < -0.3 is 0 Å². The summed E-state index contributed by atoms with van der Waals surface area (Å²) >= 11 is 24.1. The van der Waals surface area contributed by atoms with Crippen LogP contribution in [-0.4, -0.2) is 48.6 Å². The van der Waals surface area contributed by atoms with Crippen LogP contribution >= 0.6 is 46.4 Å². The summed E-state index contributed by atoms with van der Waals surface area (Å²) in [5.74, 6) is 0. The molecule has 0 bridgehead atoms. The Morgan fingerprint density at radius 2 is 1.04 bits per heavy atom. The Bertz CT molecular complexity index is 760. The van der Waals surface area contributed by atoms with Gasteiger partial charge in [-0.15, -0.1) is 0 Å². The second-order valence-corrected chi connectivity index (χ2v) is 7.42. The van der Waals surface area contributed by atoms with E-state index in [-0.39, 0.29) is 0 Å². The highest BCUT2D eigenvalue weighted by Gasteiger charge is 2.13. The summed E-state index contributed by atoms with van der Waals surface area (Å²) in [6.45, 7) is 3.08. The fourth-order valence-corrected chi connectivity index (χ4v) is 3.33. The summed E-state index contributed by atoms with van der Waals surface area (Å²) in [7, 11) is 0. The summed E-state index contributed by atoms with van der Waals surface area (Å²) in [6.07, 6.45) is 3.51. The van der Waals surface area contributed by atoms with Crippen molar-refractivity contribution >= 4 is 58.8 Å². The number of halogens is 4. The normalized spacial score (nSPS) is 15.4. The van der Waals surface area contributed by atoms with Gasteiger partial charge in [0.2, 0.25) is 0 Å². The van der Waals surface area contributed by atoms with Gasteiger partial charge in [-0.05, 0) is 24.3 Å². The summed E-state index contributed by atoms with van der Waals surface area (Å²) in [4.78, 5) is 0. The molecule has 0 spiro atoms. The molecule has 0 atom stereocenters. The predicted molar refractivity (Wildman–Crippen MR) is 111 cm³/mol. The van der Waals surface area contributed by atoms with Crippen molar-refractivity contribution in [1.82, 2.24) is 10.0 Å². The maximum absolute atomic E-state index is 6.15. The summed E-state index contributed by atoms with van der Waals surface area (Å²) < 4.78 is 0. The van der Waals surface area contributed by atoms with Gasteiger partial charge in [-0.3, -0.25) is 10.0 Å². The van der Waals surface area contributed by atoms with E-state index in [1.807, 2.05) is 22.2 Å². The summed E-state index contributed by atoms with van der Waals surface area (Å²) in [5.41, 5.74) is 1.68. The van der Waals surface area contributed by atoms with Crippen molar-refractivity contribution in [3.8, 4) is 0 Å². The topological polar surface area (TPSA) is 31.2 Å². The number of hydrazone groups is 2. The lowest BCUT2D eigenvalue weighted by atomic mass is 10.2. The van der Waals surface area contributed by atoms with E-state index in [9.17, 15) is 0 Å². The van der Waals surface area contributed by atoms with Crippen molar-refractivity contribution in [2.45, 2.75) is 0 Å². The molecule has 3 rings (SSSR count). The molecule has 0 radical (unpaired) electrons. The fraction of sp³-hybridized carbons (Fsp3) is 0.222. The van der Waals surface area contributed by atoms with Gasteiger partial charge in [0.25, 0.3) is 0 Å². The number of hydrogen-bond acceptors (Lipinski definition) is 4. The maximum atomic E-state index is 6.15. The maximum Gasteiger partial charge on any atom is 0.0557 e. The summed E-state index contributed by atoms with van der Waals surface area (Å²) in [5, 5.41) is 15.4. The minimum Gasteiger partial charge on any atom is -0.293 e. The average molecular weight is 430 g/mol. The molecule has 0 aromatic heterocycles. The first kappa shape index (κ1) is 19.3. The van der Waals surface area contributed by atoms with Crippen molar-refractivity contribution in [2.75, 3.05) is 26.2 Å². The SMILES string of the molecule is Clc1ccc(/C=N\N2CCN(/N=C\c3ccc(Cl)cc3Cl)CC2)c(Cl)c1. The zero-order chi connectivity index (χ0) is 18.5. The number of rotatable bonds is 4. The quantitative estimate of drug-likeness (QED) is 0.618. The van der Waals surface area contributed by atoms with Crippen LogP contribution in [-0.2, 0) is 0 Å². The zero-order valence-electron chi connectivity index (χ0n) is 13.7. The number of piperazine rings is 1. The Kier molecular flexibility index (Phi) is 6.65. The van der Waals surface area contributed by atoms with Gasteiger partial charge in [0, 0.05) is 21.2 Å². The van der Waals surface area contributed by atoms with E-state index in [2.05, 4.69) is 10.2 Å². The first-order valence-electron chi connectivity index (χ1n) is 7.99. The van der Waals surface area contributed by atoms with E-state index in [0.717, 1.165) is 37.3 Å². The van der Waals surface area contributed by atoms with Crippen LogP contribution in [0.4, 0.5) is 0 Å². The Labute approximate surface area is 172 Å². The second kappa shape index (κ2) is 8.96. The monoisotopic (exact) mass is 428 g/mol. The molecule has 8 heteroatoms. The van der Waals surface area contributed by atoms with Crippen LogP contribution in [0.2, 0.25) is 20.1 Å². The molecular weight excluding hydrogens is 414 g/mol. The van der Waals surface area contributed by atoms with Crippen LogP contribution < -0.4 is 0 Å². The lowest BCUT2D eigenvalue weighted by molar-refractivity contribution is 0.141. The minimum absolute atomic E-state index is 0.587.